The molecule has 23 heavy (non-hydrogen) atoms. The highest BCUT2D eigenvalue weighted by Gasteiger charge is 2.19. The Bertz CT molecular complexity index is 557. The van der Waals surface area contributed by atoms with Crippen molar-refractivity contribution in [3.05, 3.63) is 29.8 Å². The summed E-state index contributed by atoms with van der Waals surface area (Å²) in [6.45, 7) is 3.60. The molecule has 1 unspecified atom stereocenters. The van der Waals surface area contributed by atoms with Gasteiger partial charge in [0.05, 0.1) is 0 Å². The minimum absolute atomic E-state index is 0.0519. The SMILES string of the molecule is CC1CCCN(C(=O)CCC(=O)Nc2c(F)cccc2F)CC1. The van der Waals surface area contributed by atoms with Crippen LogP contribution in [0.1, 0.15) is 39.0 Å². The topological polar surface area (TPSA) is 49.4 Å². The predicted molar refractivity (Wildman–Crippen MR) is 83.8 cm³/mol. The number of nitrogens with one attached hydrogen (secondary N) is 1. The monoisotopic (exact) mass is 324 g/mol. The second-order valence-corrected chi connectivity index (χ2v) is 6.06. The smallest absolute Gasteiger partial charge is 0.225 e. The Morgan fingerprint density at radius 3 is 2.57 bits per heavy atom. The largest absolute Gasteiger partial charge is 0.343 e. The van der Waals surface area contributed by atoms with Gasteiger partial charge in [-0.2, -0.15) is 0 Å². The molecule has 6 heteroatoms. The molecule has 1 atom stereocenters. The van der Waals surface area contributed by atoms with Crippen LogP contribution in [0.4, 0.5) is 14.5 Å². The minimum Gasteiger partial charge on any atom is -0.343 e. The number of carbonyl (C=O) groups excluding carboxylic acids is 2. The lowest BCUT2D eigenvalue weighted by Crippen LogP contribution is -2.32. The van der Waals surface area contributed by atoms with Crippen LogP contribution >= 0.6 is 0 Å². The number of anilines is 1. The molecule has 1 aliphatic rings. The maximum Gasteiger partial charge on any atom is 0.225 e. The second-order valence-electron chi connectivity index (χ2n) is 6.06. The summed E-state index contributed by atoms with van der Waals surface area (Å²) in [5.41, 5.74) is -0.464. The number of nitrogens with zero attached hydrogens (tertiary/aromatic N) is 1. The van der Waals surface area contributed by atoms with Gasteiger partial charge in [-0.3, -0.25) is 9.59 Å². The van der Waals surface area contributed by atoms with Crippen molar-refractivity contribution in [2.75, 3.05) is 18.4 Å². The first kappa shape index (κ1) is 17.4. The molecule has 1 fully saturated rings. The van der Waals surface area contributed by atoms with Crippen LogP contribution in [0.2, 0.25) is 0 Å². The zero-order valence-electron chi connectivity index (χ0n) is 13.3. The summed E-state index contributed by atoms with van der Waals surface area (Å²) in [5, 5.41) is 2.20. The molecule has 1 heterocycles. The lowest BCUT2D eigenvalue weighted by atomic mass is 10.0. The van der Waals surface area contributed by atoms with E-state index in [1.54, 1.807) is 4.90 Å². The molecule has 0 aromatic heterocycles. The highest BCUT2D eigenvalue weighted by Crippen LogP contribution is 2.19. The molecule has 2 amide bonds. The molecule has 0 aliphatic carbocycles. The Kier molecular flexibility index (Phi) is 6.07. The first-order chi connectivity index (χ1) is 11.0. The highest BCUT2D eigenvalue weighted by atomic mass is 19.1. The van der Waals surface area contributed by atoms with Gasteiger partial charge in [0.1, 0.15) is 17.3 Å². The number of amides is 2. The molecule has 126 valence electrons. The fourth-order valence-corrected chi connectivity index (χ4v) is 2.71. The normalized spacial score (nSPS) is 18.4. The van der Waals surface area contributed by atoms with Gasteiger partial charge in [-0.05, 0) is 37.3 Å². The van der Waals surface area contributed by atoms with Gasteiger partial charge in [0.2, 0.25) is 11.8 Å². The van der Waals surface area contributed by atoms with Gasteiger partial charge in [0.15, 0.2) is 0 Å². The fourth-order valence-electron chi connectivity index (χ4n) is 2.71. The molecule has 2 rings (SSSR count). The van der Waals surface area contributed by atoms with E-state index < -0.39 is 23.2 Å². The van der Waals surface area contributed by atoms with E-state index in [1.807, 2.05) is 0 Å². The van der Waals surface area contributed by atoms with Gasteiger partial charge >= 0.3 is 0 Å². The van der Waals surface area contributed by atoms with Crippen molar-refractivity contribution in [2.24, 2.45) is 5.92 Å². The number of likely N-dealkylation sites (tertiary alicyclic amines) is 1. The minimum atomic E-state index is -0.828. The van der Waals surface area contributed by atoms with Crippen LogP contribution < -0.4 is 5.32 Å². The van der Waals surface area contributed by atoms with Crippen LogP contribution in [0.15, 0.2) is 18.2 Å². The average molecular weight is 324 g/mol. The first-order valence-corrected chi connectivity index (χ1v) is 7.99. The van der Waals surface area contributed by atoms with Gasteiger partial charge in [-0.25, -0.2) is 8.78 Å². The molecule has 1 saturated heterocycles. The van der Waals surface area contributed by atoms with E-state index in [2.05, 4.69) is 12.2 Å². The van der Waals surface area contributed by atoms with E-state index >= 15 is 0 Å². The van der Waals surface area contributed by atoms with Crippen LogP contribution in [0, 0.1) is 17.6 Å². The van der Waals surface area contributed by atoms with Crippen LogP contribution in [0.3, 0.4) is 0 Å². The van der Waals surface area contributed by atoms with Crippen LogP contribution in [-0.4, -0.2) is 29.8 Å². The highest BCUT2D eigenvalue weighted by molar-refractivity contribution is 5.93. The van der Waals surface area contributed by atoms with E-state index in [9.17, 15) is 18.4 Å². The molecule has 4 nitrogen and oxygen atoms in total. The van der Waals surface area contributed by atoms with Crippen molar-refractivity contribution < 1.29 is 18.4 Å². The Morgan fingerprint density at radius 1 is 1.17 bits per heavy atom. The van der Waals surface area contributed by atoms with Crippen LogP contribution in [0.5, 0.6) is 0 Å². The molecule has 0 bridgehead atoms. The van der Waals surface area contributed by atoms with Crippen LogP contribution in [-0.2, 0) is 9.59 Å². The molecule has 0 radical (unpaired) electrons. The number of carbonyl (C=O) groups is 2. The van der Waals surface area contributed by atoms with Gasteiger partial charge in [0, 0.05) is 25.9 Å². The lowest BCUT2D eigenvalue weighted by Gasteiger charge is -2.20. The summed E-state index contributed by atoms with van der Waals surface area (Å²) in [5.74, 6) is -1.69. The Labute approximate surface area is 134 Å². The van der Waals surface area contributed by atoms with E-state index in [-0.39, 0.29) is 18.7 Å². The third-order valence-corrected chi connectivity index (χ3v) is 4.16. The molecule has 1 aromatic rings. The first-order valence-electron chi connectivity index (χ1n) is 7.99. The number of para-hydroxylation sites is 1. The fraction of sp³-hybridized carbons (Fsp3) is 0.529. The molecule has 0 spiro atoms. The summed E-state index contributed by atoms with van der Waals surface area (Å²) in [6, 6.07) is 3.37. The van der Waals surface area contributed by atoms with Gasteiger partial charge < -0.3 is 10.2 Å². The number of rotatable bonds is 4. The van der Waals surface area contributed by atoms with Gasteiger partial charge in [-0.15, -0.1) is 0 Å². The van der Waals surface area contributed by atoms with Crippen molar-refractivity contribution in [2.45, 2.75) is 39.0 Å². The number of hydrogen-bond donors (Lipinski definition) is 1. The van der Waals surface area contributed by atoms with Crippen molar-refractivity contribution in [3.8, 4) is 0 Å². The molecular weight excluding hydrogens is 302 g/mol. The number of hydrogen-bond acceptors (Lipinski definition) is 2. The summed E-state index contributed by atoms with van der Waals surface area (Å²) in [7, 11) is 0. The van der Waals surface area contributed by atoms with Crippen molar-refractivity contribution in [1.29, 1.82) is 0 Å². The zero-order chi connectivity index (χ0) is 16.8. The summed E-state index contributed by atoms with van der Waals surface area (Å²) < 4.78 is 26.9. The maximum atomic E-state index is 13.5. The standard InChI is InChI=1S/C17H22F2N2O2/c1-12-4-3-10-21(11-9-12)16(23)8-7-15(22)20-17-13(18)5-2-6-14(17)19/h2,5-6,12H,3-4,7-11H2,1H3,(H,20,22). The molecule has 1 aromatic carbocycles. The lowest BCUT2D eigenvalue weighted by molar-refractivity contribution is -0.132. The predicted octanol–water partition coefficient (Wildman–Crippen LogP) is 3.33. The van der Waals surface area contributed by atoms with E-state index in [1.165, 1.54) is 6.07 Å². The number of benzene rings is 1. The van der Waals surface area contributed by atoms with Crippen molar-refractivity contribution in [3.63, 3.8) is 0 Å². The Morgan fingerprint density at radius 2 is 1.87 bits per heavy atom. The van der Waals surface area contributed by atoms with Gasteiger partial charge in [-0.1, -0.05) is 13.0 Å². The molecule has 0 saturated carbocycles. The van der Waals surface area contributed by atoms with Crippen LogP contribution in [0.25, 0.3) is 0 Å². The molecule has 1 N–H and O–H groups in total. The van der Waals surface area contributed by atoms with E-state index in [0.717, 1.165) is 31.4 Å². The Balaban J connectivity index is 1.83. The quantitative estimate of drug-likeness (QED) is 0.923. The summed E-state index contributed by atoms with van der Waals surface area (Å²) >= 11 is 0. The second kappa shape index (κ2) is 8.04. The summed E-state index contributed by atoms with van der Waals surface area (Å²) in [4.78, 5) is 25.7. The zero-order valence-corrected chi connectivity index (χ0v) is 13.3. The third-order valence-electron chi connectivity index (χ3n) is 4.16. The van der Waals surface area contributed by atoms with Gasteiger partial charge in [0.25, 0.3) is 0 Å². The maximum absolute atomic E-state index is 13.5. The van der Waals surface area contributed by atoms with Crippen molar-refractivity contribution in [1.82, 2.24) is 4.90 Å². The summed E-state index contributed by atoms with van der Waals surface area (Å²) in [6.07, 6.45) is 3.02. The molecule has 1 aliphatic heterocycles. The molecular formula is C17H22F2N2O2. The Hall–Kier alpha value is -1.98. The van der Waals surface area contributed by atoms with E-state index in [0.29, 0.717) is 19.0 Å². The van der Waals surface area contributed by atoms with E-state index in [4.69, 9.17) is 0 Å². The third kappa shape index (κ3) is 5.01. The van der Waals surface area contributed by atoms with Crippen molar-refractivity contribution >= 4 is 17.5 Å². The number of halogens is 2. The average Bonchev–Trinajstić information content (AvgIpc) is 2.73.